The fourth-order valence-corrected chi connectivity index (χ4v) is 3.76. The summed E-state index contributed by atoms with van der Waals surface area (Å²) in [6.45, 7) is 13.9. The van der Waals surface area contributed by atoms with Crippen LogP contribution in [0.4, 0.5) is 11.4 Å². The van der Waals surface area contributed by atoms with Gasteiger partial charge in [0.25, 0.3) is 0 Å². The maximum Gasteiger partial charge on any atom is 0.224 e. The summed E-state index contributed by atoms with van der Waals surface area (Å²) >= 11 is 0. The van der Waals surface area contributed by atoms with Gasteiger partial charge >= 0.3 is 0 Å². The van der Waals surface area contributed by atoms with E-state index in [1.165, 1.54) is 0 Å². The Morgan fingerprint density at radius 2 is 1.67 bits per heavy atom. The van der Waals surface area contributed by atoms with Crippen molar-refractivity contribution in [1.29, 1.82) is 0 Å². The third kappa shape index (κ3) is 6.89. The van der Waals surface area contributed by atoms with E-state index >= 15 is 0 Å². The molecule has 1 aromatic carbocycles. The van der Waals surface area contributed by atoms with E-state index in [4.69, 9.17) is 0 Å². The zero-order chi connectivity index (χ0) is 20.0. The van der Waals surface area contributed by atoms with E-state index in [2.05, 4.69) is 37.9 Å². The molecule has 1 saturated heterocycles. The molecule has 1 heterocycles. The second-order valence-electron chi connectivity index (χ2n) is 8.89. The molecule has 0 aliphatic carbocycles. The summed E-state index contributed by atoms with van der Waals surface area (Å²) in [7, 11) is 0. The topological polar surface area (TPSA) is 52.7 Å². The SMILES string of the molecule is CCC(=O)Nc1ccc(N2CCN(C(=O)C[C@@H](C)CC(C)(C)C)CC2)cc1. The predicted molar refractivity (Wildman–Crippen MR) is 112 cm³/mol. The number of anilines is 2. The van der Waals surface area contributed by atoms with E-state index in [0.717, 1.165) is 44.0 Å². The fraction of sp³-hybridized carbons (Fsp3) is 0.636. The maximum absolute atomic E-state index is 12.6. The molecule has 0 aromatic heterocycles. The van der Waals surface area contributed by atoms with E-state index in [1.807, 2.05) is 36.1 Å². The Hall–Kier alpha value is -2.04. The van der Waals surface area contributed by atoms with Crippen LogP contribution >= 0.6 is 0 Å². The Balaban J connectivity index is 1.82. The van der Waals surface area contributed by atoms with Crippen LogP contribution in [0.15, 0.2) is 24.3 Å². The molecule has 2 rings (SSSR count). The molecule has 0 spiro atoms. The van der Waals surface area contributed by atoms with E-state index in [1.54, 1.807) is 0 Å². The van der Waals surface area contributed by atoms with Gasteiger partial charge in [-0.1, -0.05) is 34.6 Å². The predicted octanol–water partition coefficient (Wildman–Crippen LogP) is 4.15. The molecular weight excluding hydrogens is 338 g/mol. The fourth-order valence-electron chi connectivity index (χ4n) is 3.76. The Kier molecular flexibility index (Phi) is 7.28. The van der Waals surface area contributed by atoms with Gasteiger partial charge in [0.15, 0.2) is 0 Å². The molecule has 1 N–H and O–H groups in total. The molecule has 5 nitrogen and oxygen atoms in total. The van der Waals surface area contributed by atoms with Crippen molar-refractivity contribution in [3.63, 3.8) is 0 Å². The Bertz CT molecular complexity index is 626. The minimum Gasteiger partial charge on any atom is -0.368 e. The van der Waals surface area contributed by atoms with Crippen molar-refractivity contribution < 1.29 is 9.59 Å². The van der Waals surface area contributed by atoms with Crippen LogP contribution in [0.5, 0.6) is 0 Å². The minimum atomic E-state index is 0.0237. The molecule has 150 valence electrons. The van der Waals surface area contributed by atoms with Gasteiger partial charge in [0.05, 0.1) is 0 Å². The van der Waals surface area contributed by atoms with Gasteiger partial charge in [-0.3, -0.25) is 9.59 Å². The van der Waals surface area contributed by atoms with Crippen molar-refractivity contribution in [3.8, 4) is 0 Å². The molecule has 1 fully saturated rings. The second-order valence-corrected chi connectivity index (χ2v) is 8.89. The van der Waals surface area contributed by atoms with Crippen molar-refractivity contribution >= 4 is 23.2 Å². The molecule has 1 atom stereocenters. The third-order valence-electron chi connectivity index (χ3n) is 4.95. The van der Waals surface area contributed by atoms with E-state index in [9.17, 15) is 9.59 Å². The summed E-state index contributed by atoms with van der Waals surface area (Å²) in [5.41, 5.74) is 2.23. The number of amides is 2. The highest BCUT2D eigenvalue weighted by Gasteiger charge is 2.24. The molecule has 0 unspecified atom stereocenters. The first kappa shape index (κ1) is 21.3. The molecule has 5 heteroatoms. The van der Waals surface area contributed by atoms with Crippen molar-refractivity contribution in [2.45, 2.75) is 53.9 Å². The molecule has 0 radical (unpaired) electrons. The van der Waals surface area contributed by atoms with Crippen molar-refractivity contribution in [3.05, 3.63) is 24.3 Å². The number of carbonyl (C=O) groups is 2. The second kappa shape index (κ2) is 9.25. The lowest BCUT2D eigenvalue weighted by Gasteiger charge is -2.37. The van der Waals surface area contributed by atoms with Crippen LogP contribution < -0.4 is 10.2 Å². The molecule has 1 aliphatic heterocycles. The molecule has 2 amide bonds. The molecular formula is C22H35N3O2. The number of nitrogens with zero attached hydrogens (tertiary/aromatic N) is 2. The van der Waals surface area contributed by atoms with Gasteiger partial charge in [-0.05, 0) is 42.0 Å². The number of carbonyl (C=O) groups excluding carboxylic acids is 2. The summed E-state index contributed by atoms with van der Waals surface area (Å²) in [6.07, 6.45) is 2.19. The monoisotopic (exact) mass is 373 g/mol. The maximum atomic E-state index is 12.6. The molecule has 0 saturated carbocycles. The Morgan fingerprint density at radius 3 is 2.19 bits per heavy atom. The number of hydrogen-bond acceptors (Lipinski definition) is 3. The number of rotatable bonds is 6. The summed E-state index contributed by atoms with van der Waals surface area (Å²) in [6, 6.07) is 7.95. The van der Waals surface area contributed by atoms with Gasteiger partial charge in [-0.2, -0.15) is 0 Å². The van der Waals surface area contributed by atoms with Crippen molar-refractivity contribution in [2.75, 3.05) is 36.4 Å². The van der Waals surface area contributed by atoms with Gasteiger partial charge in [0.1, 0.15) is 0 Å². The van der Waals surface area contributed by atoms with E-state index in [0.29, 0.717) is 18.8 Å². The highest BCUT2D eigenvalue weighted by molar-refractivity contribution is 5.90. The zero-order valence-electron chi connectivity index (χ0n) is 17.5. The first-order chi connectivity index (χ1) is 12.7. The van der Waals surface area contributed by atoms with Gasteiger partial charge < -0.3 is 15.1 Å². The standard InChI is InChI=1S/C22H35N3O2/c1-6-20(26)23-18-7-9-19(10-8-18)24-11-13-25(14-12-24)21(27)15-17(2)16-22(3,4)5/h7-10,17H,6,11-16H2,1-5H3,(H,23,26)/t17-/m1/s1. The lowest BCUT2D eigenvalue weighted by atomic mass is 9.84. The largest absolute Gasteiger partial charge is 0.368 e. The van der Waals surface area contributed by atoms with Crippen LogP contribution in [0.2, 0.25) is 0 Å². The zero-order valence-corrected chi connectivity index (χ0v) is 17.5. The van der Waals surface area contributed by atoms with Crippen LogP contribution in [-0.2, 0) is 9.59 Å². The molecule has 1 aliphatic rings. The highest BCUT2D eigenvalue weighted by atomic mass is 16.2. The first-order valence-corrected chi connectivity index (χ1v) is 10.1. The minimum absolute atomic E-state index is 0.0237. The number of piperazine rings is 1. The summed E-state index contributed by atoms with van der Waals surface area (Å²) < 4.78 is 0. The average molecular weight is 374 g/mol. The quantitative estimate of drug-likeness (QED) is 0.815. The van der Waals surface area contributed by atoms with Crippen LogP contribution in [0.1, 0.15) is 53.9 Å². The lowest BCUT2D eigenvalue weighted by Crippen LogP contribution is -2.49. The van der Waals surface area contributed by atoms with Crippen molar-refractivity contribution in [2.24, 2.45) is 11.3 Å². The Morgan fingerprint density at radius 1 is 1.07 bits per heavy atom. The molecule has 1 aromatic rings. The average Bonchev–Trinajstić information content (AvgIpc) is 2.60. The molecule has 0 bridgehead atoms. The first-order valence-electron chi connectivity index (χ1n) is 10.1. The van der Waals surface area contributed by atoms with Crippen molar-refractivity contribution in [1.82, 2.24) is 4.90 Å². The third-order valence-corrected chi connectivity index (χ3v) is 4.95. The summed E-state index contributed by atoms with van der Waals surface area (Å²) in [5, 5.41) is 2.87. The Labute approximate surface area is 164 Å². The molecule has 27 heavy (non-hydrogen) atoms. The summed E-state index contributed by atoms with van der Waals surface area (Å²) in [4.78, 5) is 28.3. The normalized spacial score (nSPS) is 16.2. The van der Waals surface area contributed by atoms with Crippen LogP contribution in [-0.4, -0.2) is 42.9 Å². The number of benzene rings is 1. The number of hydrogen-bond donors (Lipinski definition) is 1. The highest BCUT2D eigenvalue weighted by Crippen LogP contribution is 2.27. The van der Waals surface area contributed by atoms with Gasteiger partial charge in [-0.25, -0.2) is 0 Å². The lowest BCUT2D eigenvalue weighted by molar-refractivity contribution is -0.132. The van der Waals surface area contributed by atoms with E-state index < -0.39 is 0 Å². The smallest absolute Gasteiger partial charge is 0.224 e. The van der Waals surface area contributed by atoms with Gasteiger partial charge in [0, 0.05) is 50.4 Å². The van der Waals surface area contributed by atoms with Gasteiger partial charge in [0.2, 0.25) is 11.8 Å². The van der Waals surface area contributed by atoms with Crippen LogP contribution in [0, 0.1) is 11.3 Å². The van der Waals surface area contributed by atoms with Gasteiger partial charge in [-0.15, -0.1) is 0 Å². The van der Waals surface area contributed by atoms with Crippen LogP contribution in [0.25, 0.3) is 0 Å². The summed E-state index contributed by atoms with van der Waals surface area (Å²) in [5.74, 6) is 0.723. The van der Waals surface area contributed by atoms with Crippen LogP contribution in [0.3, 0.4) is 0 Å². The van der Waals surface area contributed by atoms with E-state index in [-0.39, 0.29) is 17.2 Å². The number of nitrogens with one attached hydrogen (secondary N) is 1.